The summed E-state index contributed by atoms with van der Waals surface area (Å²) >= 11 is 1.58. The van der Waals surface area contributed by atoms with E-state index in [2.05, 4.69) is 37.0 Å². The van der Waals surface area contributed by atoms with Crippen molar-refractivity contribution in [2.75, 3.05) is 0 Å². The van der Waals surface area contributed by atoms with Gasteiger partial charge >= 0.3 is 0 Å². The lowest BCUT2D eigenvalue weighted by Gasteiger charge is -2.15. The molecular formula is C15H19NOS. The molecule has 0 saturated carbocycles. The van der Waals surface area contributed by atoms with Crippen molar-refractivity contribution in [1.29, 1.82) is 0 Å². The molecule has 0 aliphatic carbocycles. The van der Waals surface area contributed by atoms with Crippen LogP contribution in [0.5, 0.6) is 0 Å². The summed E-state index contributed by atoms with van der Waals surface area (Å²) in [6.07, 6.45) is 0. The Morgan fingerprint density at radius 2 is 1.83 bits per heavy atom. The molecule has 1 aromatic carbocycles. The van der Waals surface area contributed by atoms with Crippen LogP contribution in [0.15, 0.2) is 18.2 Å². The van der Waals surface area contributed by atoms with Gasteiger partial charge in [0.2, 0.25) is 0 Å². The van der Waals surface area contributed by atoms with Gasteiger partial charge in [0.15, 0.2) is 0 Å². The fraction of sp³-hybridized carbons (Fsp3) is 0.400. The first-order valence-corrected chi connectivity index (χ1v) is 6.88. The molecule has 0 atom stereocenters. The van der Waals surface area contributed by atoms with E-state index in [1.165, 1.54) is 11.1 Å². The van der Waals surface area contributed by atoms with Crippen molar-refractivity contribution < 1.29 is 5.11 Å². The number of nitrogens with zero attached hydrogens (tertiary/aromatic N) is 1. The van der Waals surface area contributed by atoms with Gasteiger partial charge in [0.05, 0.1) is 16.2 Å². The van der Waals surface area contributed by atoms with E-state index < -0.39 is 5.60 Å². The predicted octanol–water partition coefficient (Wildman–Crippen LogP) is 3.96. The summed E-state index contributed by atoms with van der Waals surface area (Å²) in [6.45, 7) is 9.75. The van der Waals surface area contributed by atoms with Crippen LogP contribution in [0.3, 0.4) is 0 Å². The monoisotopic (exact) mass is 261 g/mol. The van der Waals surface area contributed by atoms with Crippen molar-refractivity contribution in [2.24, 2.45) is 0 Å². The number of aromatic nitrogens is 1. The van der Waals surface area contributed by atoms with Gasteiger partial charge in [-0.3, -0.25) is 0 Å². The van der Waals surface area contributed by atoms with Crippen molar-refractivity contribution in [1.82, 2.24) is 4.98 Å². The molecule has 3 heteroatoms. The molecule has 96 valence electrons. The molecule has 2 rings (SSSR count). The Bertz CT molecular complexity index is 579. The summed E-state index contributed by atoms with van der Waals surface area (Å²) in [5.41, 5.74) is 3.74. The van der Waals surface area contributed by atoms with Gasteiger partial charge < -0.3 is 5.11 Å². The fourth-order valence-electron chi connectivity index (χ4n) is 2.13. The quantitative estimate of drug-likeness (QED) is 0.887. The molecule has 2 nitrogen and oxygen atoms in total. The first kappa shape index (κ1) is 13.2. The van der Waals surface area contributed by atoms with E-state index in [-0.39, 0.29) is 0 Å². The third-order valence-electron chi connectivity index (χ3n) is 2.96. The molecule has 0 unspecified atom stereocenters. The predicted molar refractivity (Wildman–Crippen MR) is 77.0 cm³/mol. The second kappa shape index (κ2) is 4.48. The molecular weight excluding hydrogens is 242 g/mol. The molecule has 18 heavy (non-hydrogen) atoms. The Morgan fingerprint density at radius 3 is 2.33 bits per heavy atom. The number of hydrogen-bond donors (Lipinski definition) is 1. The first-order chi connectivity index (χ1) is 8.29. The summed E-state index contributed by atoms with van der Waals surface area (Å²) in [5.74, 6) is 0. The average molecular weight is 261 g/mol. The third-order valence-corrected chi connectivity index (χ3v) is 4.47. The van der Waals surface area contributed by atoms with E-state index in [9.17, 15) is 5.11 Å². The SMILES string of the molecule is Cc1ccc(-c2nc(C)c(C(C)(C)O)s2)c(C)c1. The maximum atomic E-state index is 10.1. The molecule has 2 aromatic rings. The fourth-order valence-corrected chi connectivity index (χ4v) is 3.29. The van der Waals surface area contributed by atoms with E-state index in [0.717, 1.165) is 21.1 Å². The van der Waals surface area contributed by atoms with Gasteiger partial charge in [-0.05, 0) is 40.2 Å². The van der Waals surface area contributed by atoms with Gasteiger partial charge in [0.25, 0.3) is 0 Å². The number of hydrogen-bond acceptors (Lipinski definition) is 3. The normalized spacial score (nSPS) is 11.9. The number of aliphatic hydroxyl groups is 1. The Balaban J connectivity index is 2.53. The second-order valence-electron chi connectivity index (χ2n) is 5.31. The van der Waals surface area contributed by atoms with Gasteiger partial charge in [-0.15, -0.1) is 11.3 Å². The zero-order valence-corrected chi connectivity index (χ0v) is 12.4. The zero-order chi connectivity index (χ0) is 13.5. The Hall–Kier alpha value is -1.19. The van der Waals surface area contributed by atoms with Gasteiger partial charge in [0.1, 0.15) is 5.01 Å². The van der Waals surface area contributed by atoms with Crippen LogP contribution in [0.2, 0.25) is 0 Å². The van der Waals surface area contributed by atoms with Crippen LogP contribution < -0.4 is 0 Å². The third kappa shape index (κ3) is 2.47. The van der Waals surface area contributed by atoms with Crippen LogP contribution in [-0.4, -0.2) is 10.1 Å². The van der Waals surface area contributed by atoms with E-state index in [4.69, 9.17) is 0 Å². The van der Waals surface area contributed by atoms with Crippen molar-refractivity contribution in [3.05, 3.63) is 39.9 Å². The first-order valence-electron chi connectivity index (χ1n) is 6.07. The van der Waals surface area contributed by atoms with E-state index >= 15 is 0 Å². The van der Waals surface area contributed by atoms with Crippen LogP contribution in [0, 0.1) is 20.8 Å². The molecule has 1 aromatic heterocycles. The molecule has 0 fully saturated rings. The number of benzene rings is 1. The second-order valence-corrected chi connectivity index (χ2v) is 6.31. The molecule has 0 spiro atoms. The van der Waals surface area contributed by atoms with Crippen molar-refractivity contribution >= 4 is 11.3 Å². The van der Waals surface area contributed by atoms with Gasteiger partial charge in [-0.1, -0.05) is 23.8 Å². The summed E-state index contributed by atoms with van der Waals surface area (Å²) in [7, 11) is 0. The Labute approximate surface area is 112 Å². The molecule has 0 amide bonds. The minimum Gasteiger partial charge on any atom is -0.385 e. The van der Waals surface area contributed by atoms with Crippen LogP contribution in [0.25, 0.3) is 10.6 Å². The van der Waals surface area contributed by atoms with Crippen molar-refractivity contribution in [2.45, 2.75) is 40.2 Å². The Morgan fingerprint density at radius 1 is 1.17 bits per heavy atom. The standard InChI is InChI=1S/C15H19NOS/c1-9-6-7-12(10(2)8-9)14-16-11(3)13(18-14)15(4,5)17/h6-8,17H,1-5H3. The average Bonchev–Trinajstić information content (AvgIpc) is 2.59. The zero-order valence-electron chi connectivity index (χ0n) is 11.5. The molecule has 0 radical (unpaired) electrons. The van der Waals surface area contributed by atoms with Gasteiger partial charge in [-0.25, -0.2) is 4.98 Å². The largest absolute Gasteiger partial charge is 0.385 e. The van der Waals surface area contributed by atoms with Crippen molar-refractivity contribution in [3.8, 4) is 10.6 Å². The lowest BCUT2D eigenvalue weighted by Crippen LogP contribution is -2.14. The van der Waals surface area contributed by atoms with Crippen LogP contribution in [0.1, 0.15) is 35.5 Å². The minimum atomic E-state index is -0.821. The molecule has 0 aliphatic rings. The summed E-state index contributed by atoms with van der Waals surface area (Å²) in [4.78, 5) is 5.54. The van der Waals surface area contributed by atoms with Gasteiger partial charge in [-0.2, -0.15) is 0 Å². The Kier molecular flexibility index (Phi) is 3.30. The van der Waals surface area contributed by atoms with Gasteiger partial charge in [0, 0.05) is 5.56 Å². The highest BCUT2D eigenvalue weighted by Gasteiger charge is 2.23. The molecule has 0 aliphatic heterocycles. The number of aryl methyl sites for hydroxylation is 3. The maximum absolute atomic E-state index is 10.1. The number of thiazole rings is 1. The highest BCUT2D eigenvalue weighted by molar-refractivity contribution is 7.15. The number of rotatable bonds is 2. The maximum Gasteiger partial charge on any atom is 0.124 e. The smallest absolute Gasteiger partial charge is 0.124 e. The highest BCUT2D eigenvalue weighted by Crippen LogP contribution is 2.35. The minimum absolute atomic E-state index is 0.821. The van der Waals surface area contributed by atoms with E-state index in [0.29, 0.717) is 0 Å². The molecule has 0 saturated heterocycles. The summed E-state index contributed by atoms with van der Waals surface area (Å²) < 4.78 is 0. The van der Waals surface area contributed by atoms with Crippen molar-refractivity contribution in [3.63, 3.8) is 0 Å². The molecule has 1 N–H and O–H groups in total. The summed E-state index contributed by atoms with van der Waals surface area (Å²) in [5, 5.41) is 11.1. The van der Waals surface area contributed by atoms with Crippen LogP contribution in [0.4, 0.5) is 0 Å². The van der Waals surface area contributed by atoms with Crippen LogP contribution >= 0.6 is 11.3 Å². The van der Waals surface area contributed by atoms with Crippen LogP contribution in [-0.2, 0) is 5.60 Å². The lowest BCUT2D eigenvalue weighted by molar-refractivity contribution is 0.0817. The molecule has 0 bridgehead atoms. The topological polar surface area (TPSA) is 33.1 Å². The van der Waals surface area contributed by atoms with E-state index in [1.807, 2.05) is 6.92 Å². The lowest BCUT2D eigenvalue weighted by atomic mass is 10.1. The van der Waals surface area contributed by atoms with E-state index in [1.54, 1.807) is 25.2 Å². The molecule has 1 heterocycles. The summed E-state index contributed by atoms with van der Waals surface area (Å²) in [6, 6.07) is 6.37. The highest BCUT2D eigenvalue weighted by atomic mass is 32.1.